The van der Waals surface area contributed by atoms with Gasteiger partial charge in [0.1, 0.15) is 11.5 Å². The van der Waals surface area contributed by atoms with Gasteiger partial charge in [-0.1, -0.05) is 71.6 Å². The molecule has 162 valence electrons. The SMILES string of the molecule is CC(Sc1nnc(NCc2ccccc2)s1)C(=O)Nc1ccc(Oc2ccccc2)cc1. The van der Waals surface area contributed by atoms with Crippen LogP contribution in [0.2, 0.25) is 0 Å². The second-order valence-electron chi connectivity index (χ2n) is 6.90. The van der Waals surface area contributed by atoms with Crippen LogP contribution in [0.4, 0.5) is 10.8 Å². The molecule has 8 heteroatoms. The molecule has 0 spiro atoms. The molecule has 4 rings (SSSR count). The lowest BCUT2D eigenvalue weighted by Gasteiger charge is -2.11. The molecule has 0 aliphatic carbocycles. The standard InChI is InChI=1S/C24H22N4O2S2/c1-17(31-24-28-27-23(32-24)25-16-18-8-4-2-5-9-18)22(29)26-19-12-14-21(15-13-19)30-20-10-6-3-7-11-20/h2-15,17H,16H2,1H3,(H,25,27)(H,26,29). The summed E-state index contributed by atoms with van der Waals surface area (Å²) in [4.78, 5) is 12.6. The van der Waals surface area contributed by atoms with Crippen molar-refractivity contribution in [3.8, 4) is 11.5 Å². The Balaban J connectivity index is 1.26. The number of hydrogen-bond acceptors (Lipinski definition) is 7. The number of para-hydroxylation sites is 1. The third-order valence-electron chi connectivity index (χ3n) is 4.44. The number of carbonyl (C=O) groups excluding carboxylic acids is 1. The third kappa shape index (κ3) is 6.32. The van der Waals surface area contributed by atoms with E-state index >= 15 is 0 Å². The molecule has 1 aromatic heterocycles. The Kier molecular flexibility index (Phi) is 7.37. The molecule has 6 nitrogen and oxygen atoms in total. The van der Waals surface area contributed by atoms with Crippen LogP contribution in [0.5, 0.6) is 11.5 Å². The molecule has 1 unspecified atom stereocenters. The van der Waals surface area contributed by atoms with Crippen LogP contribution in [-0.4, -0.2) is 21.4 Å². The largest absolute Gasteiger partial charge is 0.457 e. The molecule has 4 aromatic rings. The summed E-state index contributed by atoms with van der Waals surface area (Å²) in [6.07, 6.45) is 0. The van der Waals surface area contributed by atoms with Crippen LogP contribution in [-0.2, 0) is 11.3 Å². The zero-order chi connectivity index (χ0) is 22.2. The molecule has 0 fully saturated rings. The number of nitrogens with one attached hydrogen (secondary N) is 2. The Morgan fingerprint density at radius 3 is 2.31 bits per heavy atom. The van der Waals surface area contributed by atoms with Crippen molar-refractivity contribution in [3.05, 3.63) is 90.5 Å². The van der Waals surface area contributed by atoms with Crippen molar-refractivity contribution in [2.75, 3.05) is 10.6 Å². The maximum Gasteiger partial charge on any atom is 0.237 e. The predicted octanol–water partition coefficient (Wildman–Crippen LogP) is 6.06. The molecule has 0 aliphatic heterocycles. The van der Waals surface area contributed by atoms with Crippen LogP contribution in [0.1, 0.15) is 12.5 Å². The molecule has 0 aliphatic rings. The van der Waals surface area contributed by atoms with Gasteiger partial charge in [0.05, 0.1) is 5.25 Å². The van der Waals surface area contributed by atoms with E-state index in [1.807, 2.05) is 79.7 Å². The van der Waals surface area contributed by atoms with Crippen LogP contribution < -0.4 is 15.4 Å². The summed E-state index contributed by atoms with van der Waals surface area (Å²) >= 11 is 2.83. The van der Waals surface area contributed by atoms with Crippen LogP contribution in [0.3, 0.4) is 0 Å². The zero-order valence-electron chi connectivity index (χ0n) is 17.4. The first-order valence-corrected chi connectivity index (χ1v) is 11.8. The lowest BCUT2D eigenvalue weighted by molar-refractivity contribution is -0.115. The van der Waals surface area contributed by atoms with E-state index in [9.17, 15) is 4.79 Å². The molecule has 2 N–H and O–H groups in total. The van der Waals surface area contributed by atoms with Gasteiger partial charge in [-0.2, -0.15) is 0 Å². The lowest BCUT2D eigenvalue weighted by Crippen LogP contribution is -2.22. The van der Waals surface area contributed by atoms with E-state index in [0.29, 0.717) is 18.0 Å². The normalized spacial score (nSPS) is 11.5. The van der Waals surface area contributed by atoms with Gasteiger partial charge in [0, 0.05) is 12.2 Å². The molecular formula is C24H22N4O2S2. The monoisotopic (exact) mass is 462 g/mol. The average molecular weight is 463 g/mol. The molecule has 1 atom stereocenters. The van der Waals surface area contributed by atoms with E-state index in [0.717, 1.165) is 15.2 Å². The van der Waals surface area contributed by atoms with E-state index in [2.05, 4.69) is 33.0 Å². The average Bonchev–Trinajstić information content (AvgIpc) is 3.27. The summed E-state index contributed by atoms with van der Waals surface area (Å²) in [5.74, 6) is 1.38. The molecule has 0 bridgehead atoms. The van der Waals surface area contributed by atoms with Crippen molar-refractivity contribution in [1.82, 2.24) is 10.2 Å². The minimum absolute atomic E-state index is 0.0966. The topological polar surface area (TPSA) is 76.1 Å². The lowest BCUT2D eigenvalue weighted by atomic mass is 10.2. The van der Waals surface area contributed by atoms with Gasteiger partial charge in [0.25, 0.3) is 0 Å². The number of carbonyl (C=O) groups is 1. The smallest absolute Gasteiger partial charge is 0.237 e. The summed E-state index contributed by atoms with van der Waals surface area (Å²) in [5.41, 5.74) is 1.88. The Morgan fingerprint density at radius 2 is 1.59 bits per heavy atom. The van der Waals surface area contributed by atoms with Crippen molar-refractivity contribution in [3.63, 3.8) is 0 Å². The minimum Gasteiger partial charge on any atom is -0.457 e. The predicted molar refractivity (Wildman–Crippen MR) is 131 cm³/mol. The summed E-state index contributed by atoms with van der Waals surface area (Å²) < 4.78 is 6.52. The second kappa shape index (κ2) is 10.8. The quantitative estimate of drug-likeness (QED) is 0.294. The van der Waals surface area contributed by atoms with Crippen molar-refractivity contribution in [2.24, 2.45) is 0 Å². The summed E-state index contributed by atoms with van der Waals surface area (Å²) in [5, 5.41) is 15.0. The highest BCUT2D eigenvalue weighted by Gasteiger charge is 2.17. The number of benzene rings is 3. The van der Waals surface area contributed by atoms with Gasteiger partial charge in [0.2, 0.25) is 11.0 Å². The van der Waals surface area contributed by atoms with Crippen molar-refractivity contribution < 1.29 is 9.53 Å². The Bertz CT molecular complexity index is 1140. The number of rotatable bonds is 9. The fourth-order valence-electron chi connectivity index (χ4n) is 2.78. The fourth-order valence-corrected chi connectivity index (χ4v) is 4.67. The van der Waals surface area contributed by atoms with Gasteiger partial charge in [-0.15, -0.1) is 10.2 Å². The van der Waals surface area contributed by atoms with Crippen molar-refractivity contribution in [2.45, 2.75) is 23.1 Å². The third-order valence-corrected chi connectivity index (χ3v) is 6.51. The number of thioether (sulfide) groups is 1. The molecule has 1 heterocycles. The van der Waals surface area contributed by atoms with Gasteiger partial charge in [-0.3, -0.25) is 4.79 Å². The van der Waals surface area contributed by atoms with E-state index in [4.69, 9.17) is 4.74 Å². The number of nitrogens with zero attached hydrogens (tertiary/aromatic N) is 2. The number of anilines is 2. The summed E-state index contributed by atoms with van der Waals surface area (Å²) in [7, 11) is 0. The number of aromatic nitrogens is 2. The van der Waals surface area contributed by atoms with Gasteiger partial charge in [0.15, 0.2) is 4.34 Å². The van der Waals surface area contributed by atoms with Crippen molar-refractivity contribution in [1.29, 1.82) is 0 Å². The summed E-state index contributed by atoms with van der Waals surface area (Å²) in [6.45, 7) is 2.53. The first kappa shape index (κ1) is 21.9. The van der Waals surface area contributed by atoms with Crippen LogP contribution in [0.25, 0.3) is 0 Å². The highest BCUT2D eigenvalue weighted by molar-refractivity contribution is 8.02. The minimum atomic E-state index is -0.315. The molecule has 1 amide bonds. The molecule has 0 saturated carbocycles. The zero-order valence-corrected chi connectivity index (χ0v) is 19.0. The Labute approximate surface area is 195 Å². The van der Waals surface area contributed by atoms with Crippen LogP contribution in [0.15, 0.2) is 89.3 Å². The maximum absolute atomic E-state index is 12.6. The van der Waals surface area contributed by atoms with Gasteiger partial charge in [-0.05, 0) is 48.9 Å². The highest BCUT2D eigenvalue weighted by atomic mass is 32.2. The van der Waals surface area contributed by atoms with E-state index in [1.165, 1.54) is 28.7 Å². The Morgan fingerprint density at radius 1 is 0.938 bits per heavy atom. The summed E-state index contributed by atoms with van der Waals surface area (Å²) in [6, 6.07) is 27.0. The van der Waals surface area contributed by atoms with Gasteiger partial charge >= 0.3 is 0 Å². The number of ether oxygens (including phenoxy) is 1. The molecular weight excluding hydrogens is 440 g/mol. The van der Waals surface area contributed by atoms with E-state index in [1.54, 1.807) is 0 Å². The van der Waals surface area contributed by atoms with Crippen LogP contribution in [0, 0.1) is 0 Å². The van der Waals surface area contributed by atoms with Gasteiger partial charge in [-0.25, -0.2) is 0 Å². The molecule has 3 aromatic carbocycles. The molecule has 0 radical (unpaired) electrons. The first-order chi connectivity index (χ1) is 15.7. The fraction of sp³-hybridized carbons (Fsp3) is 0.125. The molecule has 32 heavy (non-hydrogen) atoms. The highest BCUT2D eigenvalue weighted by Crippen LogP contribution is 2.30. The van der Waals surface area contributed by atoms with E-state index < -0.39 is 0 Å². The maximum atomic E-state index is 12.6. The Hall–Kier alpha value is -3.36. The first-order valence-electron chi connectivity index (χ1n) is 10.1. The second-order valence-corrected chi connectivity index (χ2v) is 9.47. The van der Waals surface area contributed by atoms with Crippen LogP contribution >= 0.6 is 23.1 Å². The number of amides is 1. The van der Waals surface area contributed by atoms with Gasteiger partial charge < -0.3 is 15.4 Å². The molecule has 0 saturated heterocycles. The van der Waals surface area contributed by atoms with E-state index in [-0.39, 0.29) is 11.2 Å². The number of hydrogen-bond donors (Lipinski definition) is 2. The van der Waals surface area contributed by atoms with Crippen molar-refractivity contribution >= 4 is 39.8 Å².